The van der Waals surface area contributed by atoms with Crippen molar-refractivity contribution in [3.63, 3.8) is 0 Å². The first-order valence-electron chi connectivity index (χ1n) is 5.32. The van der Waals surface area contributed by atoms with Gasteiger partial charge in [0.05, 0.1) is 18.2 Å². The third kappa shape index (κ3) is 2.45. The minimum Gasteiger partial charge on any atom is -0.394 e. The fourth-order valence-electron chi connectivity index (χ4n) is 1.91. The Morgan fingerprint density at radius 2 is 2.14 bits per heavy atom. The van der Waals surface area contributed by atoms with E-state index in [0.717, 1.165) is 25.7 Å². The number of carbonyl (C=O) groups excluding carboxylic acids is 1. The van der Waals surface area contributed by atoms with E-state index in [1.165, 1.54) is 0 Å². The van der Waals surface area contributed by atoms with Gasteiger partial charge in [-0.25, -0.2) is 0 Å². The van der Waals surface area contributed by atoms with E-state index in [9.17, 15) is 9.90 Å². The molecule has 0 saturated heterocycles. The molecule has 1 aliphatic carbocycles. The summed E-state index contributed by atoms with van der Waals surface area (Å²) < 4.78 is 0. The molecule has 1 atom stereocenters. The molecule has 1 saturated carbocycles. The van der Waals surface area contributed by atoms with Gasteiger partial charge in [0.15, 0.2) is 0 Å². The van der Waals surface area contributed by atoms with Crippen molar-refractivity contribution in [3.05, 3.63) is 0 Å². The maximum Gasteiger partial charge on any atom is 0.237 e. The molecule has 0 radical (unpaired) electrons. The molecular weight excluding hydrogens is 180 g/mol. The van der Waals surface area contributed by atoms with E-state index in [1.807, 2.05) is 6.92 Å². The molecule has 14 heavy (non-hydrogen) atoms. The van der Waals surface area contributed by atoms with Crippen molar-refractivity contribution in [2.75, 3.05) is 6.61 Å². The molecule has 1 amide bonds. The van der Waals surface area contributed by atoms with Crippen molar-refractivity contribution in [1.82, 2.24) is 5.32 Å². The molecule has 4 heteroatoms. The van der Waals surface area contributed by atoms with Crippen molar-refractivity contribution in [2.45, 2.75) is 50.6 Å². The number of nitrogens with one attached hydrogen (secondary N) is 1. The quantitative estimate of drug-likeness (QED) is 0.604. The van der Waals surface area contributed by atoms with Crippen LogP contribution in [0.2, 0.25) is 0 Å². The molecule has 82 valence electrons. The molecule has 4 N–H and O–H groups in total. The van der Waals surface area contributed by atoms with Crippen LogP contribution in [-0.2, 0) is 4.79 Å². The summed E-state index contributed by atoms with van der Waals surface area (Å²) in [5, 5.41) is 12.1. The Morgan fingerprint density at radius 3 is 2.57 bits per heavy atom. The van der Waals surface area contributed by atoms with Crippen LogP contribution in [0.25, 0.3) is 0 Å². The molecule has 0 aliphatic heterocycles. The van der Waals surface area contributed by atoms with Gasteiger partial charge in [-0.1, -0.05) is 19.8 Å². The van der Waals surface area contributed by atoms with Crippen molar-refractivity contribution in [3.8, 4) is 0 Å². The van der Waals surface area contributed by atoms with E-state index >= 15 is 0 Å². The van der Waals surface area contributed by atoms with Crippen LogP contribution in [0, 0.1) is 0 Å². The van der Waals surface area contributed by atoms with Crippen LogP contribution >= 0.6 is 0 Å². The number of aliphatic hydroxyl groups excluding tert-OH is 1. The number of amides is 1. The number of hydrogen-bond donors (Lipinski definition) is 3. The van der Waals surface area contributed by atoms with E-state index in [2.05, 4.69) is 5.32 Å². The lowest BCUT2D eigenvalue weighted by Gasteiger charge is -2.29. The van der Waals surface area contributed by atoms with Crippen LogP contribution in [-0.4, -0.2) is 29.2 Å². The molecular formula is C10H20N2O2. The van der Waals surface area contributed by atoms with Gasteiger partial charge >= 0.3 is 0 Å². The normalized spacial score (nSPS) is 21.9. The molecule has 1 rings (SSSR count). The summed E-state index contributed by atoms with van der Waals surface area (Å²) >= 11 is 0. The lowest BCUT2D eigenvalue weighted by Crippen LogP contribution is -2.54. The van der Waals surface area contributed by atoms with Gasteiger partial charge in [-0.05, 0) is 19.3 Å². The second-order valence-corrected chi connectivity index (χ2v) is 4.15. The SMILES string of the molecule is CCC(N)C(=O)NC1(CO)CCCC1. The lowest BCUT2D eigenvalue weighted by atomic mass is 9.98. The molecule has 4 nitrogen and oxygen atoms in total. The summed E-state index contributed by atoms with van der Waals surface area (Å²) in [6.07, 6.45) is 4.51. The maximum absolute atomic E-state index is 11.5. The van der Waals surface area contributed by atoms with Crippen LogP contribution < -0.4 is 11.1 Å². The molecule has 0 bridgehead atoms. The van der Waals surface area contributed by atoms with Gasteiger partial charge in [0, 0.05) is 0 Å². The monoisotopic (exact) mass is 200 g/mol. The van der Waals surface area contributed by atoms with Crippen molar-refractivity contribution < 1.29 is 9.90 Å². The molecule has 0 aromatic carbocycles. The zero-order valence-corrected chi connectivity index (χ0v) is 8.75. The third-order valence-corrected chi connectivity index (χ3v) is 3.03. The smallest absolute Gasteiger partial charge is 0.237 e. The topological polar surface area (TPSA) is 75.4 Å². The third-order valence-electron chi connectivity index (χ3n) is 3.03. The van der Waals surface area contributed by atoms with Crippen LogP contribution in [0.4, 0.5) is 0 Å². The van der Waals surface area contributed by atoms with Gasteiger partial charge in [0.25, 0.3) is 0 Å². The van der Waals surface area contributed by atoms with Crippen LogP contribution in [0.1, 0.15) is 39.0 Å². The molecule has 0 heterocycles. The second-order valence-electron chi connectivity index (χ2n) is 4.15. The molecule has 0 spiro atoms. The number of aliphatic hydroxyl groups is 1. The predicted molar refractivity (Wildman–Crippen MR) is 54.7 cm³/mol. The highest BCUT2D eigenvalue weighted by Crippen LogP contribution is 2.29. The van der Waals surface area contributed by atoms with Crippen molar-refractivity contribution in [2.24, 2.45) is 5.73 Å². The van der Waals surface area contributed by atoms with E-state index in [0.29, 0.717) is 6.42 Å². The zero-order chi connectivity index (χ0) is 10.6. The average molecular weight is 200 g/mol. The van der Waals surface area contributed by atoms with E-state index < -0.39 is 6.04 Å². The van der Waals surface area contributed by atoms with Crippen molar-refractivity contribution in [1.29, 1.82) is 0 Å². The fourth-order valence-corrected chi connectivity index (χ4v) is 1.91. The van der Waals surface area contributed by atoms with Crippen molar-refractivity contribution >= 4 is 5.91 Å². The molecule has 1 aliphatic rings. The second kappa shape index (κ2) is 4.75. The van der Waals surface area contributed by atoms with Gasteiger partial charge in [-0.3, -0.25) is 4.79 Å². The van der Waals surface area contributed by atoms with Gasteiger partial charge in [-0.15, -0.1) is 0 Å². The highest BCUT2D eigenvalue weighted by molar-refractivity contribution is 5.82. The van der Waals surface area contributed by atoms with Crippen LogP contribution in [0.3, 0.4) is 0 Å². The minimum absolute atomic E-state index is 0.0230. The Kier molecular flexibility index (Phi) is 3.89. The standard InChI is InChI=1S/C10H20N2O2/c1-2-8(11)9(14)12-10(7-13)5-3-4-6-10/h8,13H,2-7,11H2,1H3,(H,12,14). The predicted octanol–water partition coefficient (Wildman–Crippen LogP) is 0.145. The first-order valence-corrected chi connectivity index (χ1v) is 5.32. The number of rotatable bonds is 4. The first-order chi connectivity index (χ1) is 6.63. The summed E-state index contributed by atoms with van der Waals surface area (Å²) in [6.45, 7) is 1.90. The first kappa shape index (κ1) is 11.5. The molecule has 0 aromatic rings. The number of nitrogens with two attached hydrogens (primary N) is 1. The average Bonchev–Trinajstić information content (AvgIpc) is 2.65. The fraction of sp³-hybridized carbons (Fsp3) is 0.900. The molecule has 1 fully saturated rings. The Morgan fingerprint density at radius 1 is 1.57 bits per heavy atom. The summed E-state index contributed by atoms with van der Waals surface area (Å²) in [7, 11) is 0. The summed E-state index contributed by atoms with van der Waals surface area (Å²) in [6, 6.07) is -0.445. The van der Waals surface area contributed by atoms with E-state index in [1.54, 1.807) is 0 Å². The Balaban J connectivity index is 2.52. The van der Waals surface area contributed by atoms with Crippen LogP contribution in [0.15, 0.2) is 0 Å². The number of hydrogen-bond acceptors (Lipinski definition) is 3. The van der Waals surface area contributed by atoms with E-state index in [-0.39, 0.29) is 18.1 Å². The summed E-state index contributed by atoms with van der Waals surface area (Å²) in [5.74, 6) is -0.136. The summed E-state index contributed by atoms with van der Waals surface area (Å²) in [4.78, 5) is 11.5. The van der Waals surface area contributed by atoms with Gasteiger partial charge in [0.2, 0.25) is 5.91 Å². The molecule has 0 aromatic heterocycles. The molecule has 1 unspecified atom stereocenters. The van der Waals surface area contributed by atoms with Crippen LogP contribution in [0.5, 0.6) is 0 Å². The Labute approximate surface area is 84.9 Å². The summed E-state index contributed by atoms with van der Waals surface area (Å²) in [5.41, 5.74) is 5.23. The van der Waals surface area contributed by atoms with Gasteiger partial charge in [0.1, 0.15) is 0 Å². The zero-order valence-electron chi connectivity index (χ0n) is 8.75. The Hall–Kier alpha value is -0.610. The Bertz CT molecular complexity index is 200. The number of carbonyl (C=O) groups is 1. The van der Waals surface area contributed by atoms with Gasteiger partial charge < -0.3 is 16.2 Å². The highest BCUT2D eigenvalue weighted by atomic mass is 16.3. The van der Waals surface area contributed by atoms with Gasteiger partial charge in [-0.2, -0.15) is 0 Å². The minimum atomic E-state index is -0.445. The van der Waals surface area contributed by atoms with E-state index in [4.69, 9.17) is 5.73 Å². The maximum atomic E-state index is 11.5. The lowest BCUT2D eigenvalue weighted by molar-refractivity contribution is -0.124. The largest absolute Gasteiger partial charge is 0.394 e. The highest BCUT2D eigenvalue weighted by Gasteiger charge is 2.35.